The Balaban J connectivity index is 1.61. The number of para-hydroxylation sites is 1. The van der Waals surface area contributed by atoms with Crippen molar-refractivity contribution in [1.82, 2.24) is 9.88 Å². The Kier molecular flexibility index (Phi) is 4.99. The number of aromatic nitrogens is 1. The van der Waals surface area contributed by atoms with Gasteiger partial charge in [0, 0.05) is 29.9 Å². The second kappa shape index (κ2) is 7.37. The third kappa shape index (κ3) is 3.73. The van der Waals surface area contributed by atoms with Crippen LogP contribution < -0.4 is 5.32 Å². The maximum Gasteiger partial charge on any atom is 0.269 e. The minimum atomic E-state index is -0.928. The van der Waals surface area contributed by atoms with Gasteiger partial charge >= 0.3 is 0 Å². The second-order valence-electron chi connectivity index (χ2n) is 6.10. The van der Waals surface area contributed by atoms with Gasteiger partial charge in [0.2, 0.25) is 5.91 Å². The number of carbonyl (C=O) groups is 1. The fourth-order valence-corrected chi connectivity index (χ4v) is 2.90. The number of nitro groups is 1. The molecule has 3 rings (SSSR count). The lowest BCUT2D eigenvalue weighted by Gasteiger charge is -2.13. The van der Waals surface area contributed by atoms with Gasteiger partial charge in [-0.2, -0.15) is 0 Å². The van der Waals surface area contributed by atoms with Gasteiger partial charge in [-0.25, -0.2) is 0 Å². The fourth-order valence-electron chi connectivity index (χ4n) is 2.90. The lowest BCUT2D eigenvalue weighted by atomic mass is 10.1. The number of aliphatic hydroxyl groups is 1. The molecule has 0 saturated heterocycles. The number of hydrogen-bond donors (Lipinski definition) is 2. The van der Waals surface area contributed by atoms with E-state index < -0.39 is 11.0 Å². The van der Waals surface area contributed by atoms with Crippen LogP contribution in [0, 0.1) is 17.0 Å². The van der Waals surface area contributed by atoms with Crippen molar-refractivity contribution in [2.24, 2.45) is 0 Å². The second-order valence-corrected chi connectivity index (χ2v) is 6.10. The van der Waals surface area contributed by atoms with Crippen molar-refractivity contribution in [2.75, 3.05) is 6.54 Å². The van der Waals surface area contributed by atoms with Crippen LogP contribution >= 0.6 is 0 Å². The summed E-state index contributed by atoms with van der Waals surface area (Å²) in [4.78, 5) is 22.4. The third-order valence-corrected chi connectivity index (χ3v) is 4.30. The number of rotatable bonds is 6. The molecule has 0 unspecified atom stereocenters. The summed E-state index contributed by atoms with van der Waals surface area (Å²) in [7, 11) is 0. The first-order valence-electron chi connectivity index (χ1n) is 8.19. The monoisotopic (exact) mass is 353 g/mol. The lowest BCUT2D eigenvalue weighted by molar-refractivity contribution is -0.384. The van der Waals surface area contributed by atoms with E-state index in [1.54, 1.807) is 0 Å². The first-order valence-corrected chi connectivity index (χ1v) is 8.19. The number of benzene rings is 2. The number of nitrogens with zero attached hydrogens (tertiary/aromatic N) is 2. The van der Waals surface area contributed by atoms with Crippen molar-refractivity contribution < 1.29 is 14.8 Å². The molecule has 0 aliphatic rings. The Morgan fingerprint density at radius 2 is 1.92 bits per heavy atom. The fraction of sp³-hybridized carbons (Fsp3) is 0.211. The molecule has 2 aromatic carbocycles. The molecule has 0 bridgehead atoms. The molecule has 0 aliphatic carbocycles. The normalized spacial score (nSPS) is 12.1. The molecule has 0 saturated carbocycles. The summed E-state index contributed by atoms with van der Waals surface area (Å²) >= 11 is 0. The van der Waals surface area contributed by atoms with Crippen LogP contribution in [0.5, 0.6) is 0 Å². The molecule has 2 N–H and O–H groups in total. The molecule has 134 valence electrons. The van der Waals surface area contributed by atoms with E-state index >= 15 is 0 Å². The smallest absolute Gasteiger partial charge is 0.269 e. The van der Waals surface area contributed by atoms with Crippen LogP contribution in [0.2, 0.25) is 0 Å². The van der Waals surface area contributed by atoms with Gasteiger partial charge in [0.05, 0.1) is 11.0 Å². The first kappa shape index (κ1) is 17.6. The maximum atomic E-state index is 12.3. The molecule has 0 fully saturated rings. The van der Waals surface area contributed by atoms with Gasteiger partial charge in [-0.1, -0.05) is 18.2 Å². The molecule has 26 heavy (non-hydrogen) atoms. The van der Waals surface area contributed by atoms with E-state index in [0.29, 0.717) is 5.56 Å². The summed E-state index contributed by atoms with van der Waals surface area (Å²) in [6.07, 6.45) is -0.928. The van der Waals surface area contributed by atoms with Crippen LogP contribution in [0.15, 0.2) is 54.6 Å². The number of amides is 1. The molecule has 3 aromatic rings. The highest BCUT2D eigenvalue weighted by Crippen LogP contribution is 2.19. The van der Waals surface area contributed by atoms with E-state index in [2.05, 4.69) is 5.32 Å². The van der Waals surface area contributed by atoms with Gasteiger partial charge in [0.15, 0.2) is 0 Å². The zero-order valence-corrected chi connectivity index (χ0v) is 14.3. The van der Waals surface area contributed by atoms with Crippen LogP contribution in [0.25, 0.3) is 10.9 Å². The van der Waals surface area contributed by atoms with E-state index in [0.717, 1.165) is 16.6 Å². The van der Waals surface area contributed by atoms with Gasteiger partial charge in [-0.15, -0.1) is 0 Å². The molecule has 0 spiro atoms. The van der Waals surface area contributed by atoms with Gasteiger partial charge in [-0.3, -0.25) is 14.9 Å². The predicted octanol–water partition coefficient (Wildman–Crippen LogP) is 2.71. The summed E-state index contributed by atoms with van der Waals surface area (Å²) in [5, 5.41) is 24.6. The van der Waals surface area contributed by atoms with Crippen LogP contribution in [-0.4, -0.2) is 27.0 Å². The zero-order valence-electron chi connectivity index (χ0n) is 14.3. The molecule has 7 nitrogen and oxygen atoms in total. The summed E-state index contributed by atoms with van der Waals surface area (Å²) in [6.45, 7) is 2.14. The highest BCUT2D eigenvalue weighted by molar-refractivity contribution is 5.84. The Morgan fingerprint density at radius 3 is 2.62 bits per heavy atom. The summed E-state index contributed by atoms with van der Waals surface area (Å²) in [5.41, 5.74) is 2.44. The number of carbonyl (C=O) groups excluding carboxylic acids is 1. The number of hydrogen-bond acceptors (Lipinski definition) is 4. The van der Waals surface area contributed by atoms with E-state index in [4.69, 9.17) is 0 Å². The van der Waals surface area contributed by atoms with Crippen LogP contribution in [0.3, 0.4) is 0 Å². The molecule has 1 amide bonds. The molecular formula is C19H19N3O4. The van der Waals surface area contributed by atoms with Crippen LogP contribution in [0.4, 0.5) is 5.69 Å². The Morgan fingerprint density at radius 1 is 1.23 bits per heavy atom. The molecule has 0 radical (unpaired) electrons. The summed E-state index contributed by atoms with van der Waals surface area (Å²) < 4.78 is 1.92. The zero-order chi connectivity index (χ0) is 18.7. The Hall–Kier alpha value is -3.19. The van der Waals surface area contributed by atoms with Crippen molar-refractivity contribution in [2.45, 2.75) is 19.6 Å². The van der Waals surface area contributed by atoms with Gasteiger partial charge in [-0.05, 0) is 42.1 Å². The average molecular weight is 353 g/mol. The molecule has 1 atom stereocenters. The van der Waals surface area contributed by atoms with Gasteiger partial charge in [0.25, 0.3) is 5.69 Å². The molecule has 7 heteroatoms. The van der Waals surface area contributed by atoms with Crippen LogP contribution in [0.1, 0.15) is 17.4 Å². The van der Waals surface area contributed by atoms with E-state index in [1.165, 1.54) is 24.3 Å². The largest absolute Gasteiger partial charge is 0.387 e. The minimum Gasteiger partial charge on any atom is -0.387 e. The molecule has 1 heterocycles. The summed E-state index contributed by atoms with van der Waals surface area (Å²) in [6, 6.07) is 15.5. The standard InChI is InChI=1S/C19H19N3O4/c1-13-10-15-4-2-3-5-17(15)21(13)12-19(24)20-11-18(23)14-6-8-16(9-7-14)22(25)26/h2-10,18,23H,11-12H2,1H3,(H,20,24)/t18-/m1/s1. The number of fused-ring (bicyclic) bond motifs is 1. The molecular weight excluding hydrogens is 334 g/mol. The number of nitro benzene ring substituents is 1. The lowest BCUT2D eigenvalue weighted by Crippen LogP contribution is -2.31. The highest BCUT2D eigenvalue weighted by atomic mass is 16.6. The Bertz CT molecular complexity index is 947. The van der Waals surface area contributed by atoms with Crippen molar-refractivity contribution in [3.05, 3.63) is 76.0 Å². The van der Waals surface area contributed by atoms with E-state index in [9.17, 15) is 20.0 Å². The van der Waals surface area contributed by atoms with Crippen molar-refractivity contribution in [3.63, 3.8) is 0 Å². The highest BCUT2D eigenvalue weighted by Gasteiger charge is 2.13. The predicted molar refractivity (Wildman–Crippen MR) is 97.7 cm³/mol. The first-order chi connectivity index (χ1) is 12.5. The third-order valence-electron chi connectivity index (χ3n) is 4.30. The van der Waals surface area contributed by atoms with Crippen molar-refractivity contribution in [1.29, 1.82) is 0 Å². The number of nitrogens with one attached hydrogen (secondary N) is 1. The Labute approximate surface area is 150 Å². The van der Waals surface area contributed by atoms with E-state index in [1.807, 2.05) is 41.8 Å². The van der Waals surface area contributed by atoms with Crippen molar-refractivity contribution >= 4 is 22.5 Å². The van der Waals surface area contributed by atoms with Crippen molar-refractivity contribution in [3.8, 4) is 0 Å². The molecule has 0 aliphatic heterocycles. The maximum absolute atomic E-state index is 12.3. The van der Waals surface area contributed by atoms with Crippen LogP contribution in [-0.2, 0) is 11.3 Å². The van der Waals surface area contributed by atoms with E-state index in [-0.39, 0.29) is 24.7 Å². The SMILES string of the molecule is Cc1cc2ccccc2n1CC(=O)NC[C@@H](O)c1ccc([N+](=O)[O-])cc1. The number of aryl methyl sites for hydroxylation is 1. The van der Waals surface area contributed by atoms with Gasteiger partial charge < -0.3 is 15.0 Å². The topological polar surface area (TPSA) is 97.4 Å². The quantitative estimate of drug-likeness (QED) is 0.526. The number of non-ortho nitro benzene ring substituents is 1. The molecule has 1 aromatic heterocycles. The average Bonchev–Trinajstić information content (AvgIpc) is 2.95. The summed E-state index contributed by atoms with van der Waals surface area (Å²) in [5.74, 6) is -0.213. The minimum absolute atomic E-state index is 0.0366. The number of aliphatic hydroxyl groups excluding tert-OH is 1. The van der Waals surface area contributed by atoms with Gasteiger partial charge in [0.1, 0.15) is 6.54 Å².